The maximum atomic E-state index is 12.0. The molecule has 3 aromatic carbocycles. The van der Waals surface area contributed by atoms with Gasteiger partial charge in [-0.15, -0.1) is 0 Å². The third kappa shape index (κ3) is 6.11. The molecule has 30 heavy (non-hydrogen) atoms. The quantitative estimate of drug-likeness (QED) is 0.593. The predicted molar refractivity (Wildman–Crippen MR) is 109 cm³/mol. The van der Waals surface area contributed by atoms with Crippen LogP contribution in [0.4, 0.5) is 0 Å². The molecular weight excluding hydrogens is 382 g/mol. The summed E-state index contributed by atoms with van der Waals surface area (Å²) in [6.45, 7) is 0.184. The van der Waals surface area contributed by atoms with Gasteiger partial charge in [-0.3, -0.25) is 20.4 Å². The van der Waals surface area contributed by atoms with Gasteiger partial charge in [-0.2, -0.15) is 5.26 Å². The smallest absolute Gasteiger partial charge is 0.276 e. The molecule has 0 spiro atoms. The van der Waals surface area contributed by atoms with Gasteiger partial charge in [-0.05, 0) is 48.0 Å². The molecule has 7 nitrogen and oxygen atoms in total. The van der Waals surface area contributed by atoms with Gasteiger partial charge in [0.05, 0.1) is 11.6 Å². The van der Waals surface area contributed by atoms with E-state index in [4.69, 9.17) is 14.7 Å². The molecule has 150 valence electrons. The first-order chi connectivity index (χ1) is 14.6. The van der Waals surface area contributed by atoms with E-state index in [1.54, 1.807) is 42.5 Å². The summed E-state index contributed by atoms with van der Waals surface area (Å²) in [6.07, 6.45) is 0. The highest BCUT2D eigenvalue weighted by atomic mass is 16.5. The second-order valence-electron chi connectivity index (χ2n) is 6.23. The van der Waals surface area contributed by atoms with Crippen molar-refractivity contribution >= 4 is 11.8 Å². The third-order valence-corrected chi connectivity index (χ3v) is 4.01. The number of amides is 2. The molecule has 0 saturated carbocycles. The Kier molecular flexibility index (Phi) is 7.01. The number of hydrogen-bond donors (Lipinski definition) is 2. The first-order valence-electron chi connectivity index (χ1n) is 9.13. The third-order valence-electron chi connectivity index (χ3n) is 4.01. The summed E-state index contributed by atoms with van der Waals surface area (Å²) in [5.74, 6) is 0.123. The van der Waals surface area contributed by atoms with E-state index in [1.807, 2.05) is 36.4 Å². The van der Waals surface area contributed by atoms with Crippen LogP contribution in [-0.4, -0.2) is 18.4 Å². The van der Waals surface area contributed by atoms with Crippen molar-refractivity contribution < 1.29 is 19.1 Å². The molecule has 0 fully saturated rings. The highest BCUT2D eigenvalue weighted by molar-refractivity contribution is 5.95. The summed E-state index contributed by atoms with van der Waals surface area (Å²) in [7, 11) is 0. The fourth-order valence-electron chi connectivity index (χ4n) is 2.49. The molecule has 7 heteroatoms. The van der Waals surface area contributed by atoms with Crippen molar-refractivity contribution in [2.45, 2.75) is 6.61 Å². The van der Waals surface area contributed by atoms with Crippen LogP contribution in [0.2, 0.25) is 0 Å². The minimum absolute atomic E-state index is 0.265. The number of hydrazine groups is 1. The molecule has 0 aliphatic heterocycles. The van der Waals surface area contributed by atoms with Crippen LogP contribution in [0.3, 0.4) is 0 Å². The molecule has 0 bridgehead atoms. The molecule has 0 radical (unpaired) electrons. The summed E-state index contributed by atoms with van der Waals surface area (Å²) in [4.78, 5) is 23.9. The molecule has 3 rings (SSSR count). The van der Waals surface area contributed by atoms with E-state index >= 15 is 0 Å². The SMILES string of the molecule is N#Cc1cccc(C(=O)NNC(=O)COc2ccc(OCc3ccccc3)cc2)c1. The Balaban J connectivity index is 1.41. The van der Waals surface area contributed by atoms with Crippen LogP contribution >= 0.6 is 0 Å². The van der Waals surface area contributed by atoms with Crippen LogP contribution in [0.25, 0.3) is 0 Å². The van der Waals surface area contributed by atoms with E-state index in [-0.39, 0.29) is 12.2 Å². The second-order valence-corrected chi connectivity index (χ2v) is 6.23. The zero-order chi connectivity index (χ0) is 21.2. The van der Waals surface area contributed by atoms with Crippen LogP contribution < -0.4 is 20.3 Å². The minimum Gasteiger partial charge on any atom is -0.489 e. The number of rotatable bonds is 7. The van der Waals surface area contributed by atoms with E-state index in [1.165, 1.54) is 6.07 Å². The molecule has 2 N–H and O–H groups in total. The Morgan fingerprint density at radius 2 is 1.53 bits per heavy atom. The average molecular weight is 401 g/mol. The molecule has 0 aromatic heterocycles. The summed E-state index contributed by atoms with van der Waals surface area (Å²) in [6, 6.07) is 24.8. The van der Waals surface area contributed by atoms with Gasteiger partial charge in [0.25, 0.3) is 11.8 Å². The highest BCUT2D eigenvalue weighted by Crippen LogP contribution is 2.18. The minimum atomic E-state index is -0.527. The van der Waals surface area contributed by atoms with E-state index in [2.05, 4.69) is 10.9 Å². The van der Waals surface area contributed by atoms with Gasteiger partial charge >= 0.3 is 0 Å². The first-order valence-corrected chi connectivity index (χ1v) is 9.13. The molecule has 0 heterocycles. The number of nitrogens with zero attached hydrogens (tertiary/aromatic N) is 1. The maximum absolute atomic E-state index is 12.0. The maximum Gasteiger partial charge on any atom is 0.276 e. The van der Waals surface area contributed by atoms with E-state index in [0.29, 0.717) is 23.7 Å². The lowest BCUT2D eigenvalue weighted by Crippen LogP contribution is -2.43. The molecular formula is C23H19N3O4. The Bertz CT molecular complexity index is 1040. The lowest BCUT2D eigenvalue weighted by atomic mass is 10.1. The number of nitrogens with one attached hydrogen (secondary N) is 2. The molecule has 0 unspecified atom stereocenters. The fourth-order valence-corrected chi connectivity index (χ4v) is 2.49. The van der Waals surface area contributed by atoms with Crippen LogP contribution in [0, 0.1) is 11.3 Å². The van der Waals surface area contributed by atoms with Gasteiger partial charge in [0.1, 0.15) is 18.1 Å². The standard InChI is InChI=1S/C23H19N3O4/c24-14-18-7-4-8-19(13-18)23(28)26-25-22(27)16-30-21-11-9-20(10-12-21)29-15-17-5-2-1-3-6-17/h1-13H,15-16H2,(H,25,27)(H,26,28). The summed E-state index contributed by atoms with van der Waals surface area (Å²) >= 11 is 0. The monoisotopic (exact) mass is 401 g/mol. The van der Waals surface area contributed by atoms with Crippen molar-refractivity contribution in [2.75, 3.05) is 6.61 Å². The average Bonchev–Trinajstić information content (AvgIpc) is 2.81. The summed E-state index contributed by atoms with van der Waals surface area (Å²) in [5, 5.41) is 8.86. The van der Waals surface area contributed by atoms with Gasteiger partial charge in [-0.25, -0.2) is 0 Å². The van der Waals surface area contributed by atoms with Gasteiger partial charge in [0.2, 0.25) is 0 Å². The van der Waals surface area contributed by atoms with Crippen LogP contribution in [0.5, 0.6) is 11.5 Å². The highest BCUT2D eigenvalue weighted by Gasteiger charge is 2.09. The number of ether oxygens (including phenoxy) is 2. The number of benzene rings is 3. The number of carbonyl (C=O) groups is 2. The predicted octanol–water partition coefficient (Wildman–Crippen LogP) is 2.98. The van der Waals surface area contributed by atoms with Gasteiger partial charge in [0.15, 0.2) is 6.61 Å². The van der Waals surface area contributed by atoms with Gasteiger partial charge in [-0.1, -0.05) is 36.4 Å². The molecule has 0 saturated heterocycles. The number of hydrogen-bond acceptors (Lipinski definition) is 5. The van der Waals surface area contributed by atoms with Crippen molar-refractivity contribution in [3.05, 3.63) is 95.6 Å². The van der Waals surface area contributed by atoms with Crippen molar-refractivity contribution in [1.82, 2.24) is 10.9 Å². The van der Waals surface area contributed by atoms with Crippen molar-refractivity contribution in [1.29, 1.82) is 5.26 Å². The van der Waals surface area contributed by atoms with Crippen molar-refractivity contribution in [3.8, 4) is 17.6 Å². The van der Waals surface area contributed by atoms with Crippen molar-refractivity contribution in [3.63, 3.8) is 0 Å². The Labute approximate surface area is 173 Å². The van der Waals surface area contributed by atoms with E-state index < -0.39 is 11.8 Å². The van der Waals surface area contributed by atoms with E-state index in [9.17, 15) is 9.59 Å². The molecule has 0 atom stereocenters. The first kappa shape index (κ1) is 20.4. The number of carbonyl (C=O) groups excluding carboxylic acids is 2. The van der Waals surface area contributed by atoms with Crippen molar-refractivity contribution in [2.24, 2.45) is 0 Å². The Morgan fingerprint density at radius 3 is 2.23 bits per heavy atom. The second kappa shape index (κ2) is 10.3. The molecule has 0 aliphatic carbocycles. The van der Waals surface area contributed by atoms with Crippen LogP contribution in [0.1, 0.15) is 21.5 Å². The summed E-state index contributed by atoms with van der Waals surface area (Å²) < 4.78 is 11.1. The molecule has 2 amide bonds. The lowest BCUT2D eigenvalue weighted by Gasteiger charge is -2.10. The zero-order valence-corrected chi connectivity index (χ0v) is 16.0. The van der Waals surface area contributed by atoms with Gasteiger partial charge < -0.3 is 9.47 Å². The largest absolute Gasteiger partial charge is 0.489 e. The van der Waals surface area contributed by atoms with Crippen LogP contribution in [-0.2, 0) is 11.4 Å². The molecule has 0 aliphatic rings. The lowest BCUT2D eigenvalue weighted by molar-refractivity contribution is -0.123. The topological polar surface area (TPSA) is 100 Å². The fraction of sp³-hybridized carbons (Fsp3) is 0.0870. The normalized spacial score (nSPS) is 9.83. The van der Waals surface area contributed by atoms with Crippen LogP contribution in [0.15, 0.2) is 78.9 Å². The van der Waals surface area contributed by atoms with Gasteiger partial charge in [0, 0.05) is 5.56 Å². The zero-order valence-electron chi connectivity index (χ0n) is 16.0. The Morgan fingerprint density at radius 1 is 0.833 bits per heavy atom. The molecule has 3 aromatic rings. The number of nitriles is 1. The Hall–Kier alpha value is -4.31. The summed E-state index contributed by atoms with van der Waals surface area (Å²) in [5.41, 5.74) is 6.23. The van der Waals surface area contributed by atoms with E-state index in [0.717, 1.165) is 5.56 Å².